The first kappa shape index (κ1) is 16.5. The van der Waals surface area contributed by atoms with Crippen molar-refractivity contribution < 1.29 is 9.53 Å². The molecule has 3 rings (SSSR count). The number of aryl methyl sites for hydroxylation is 1. The van der Waals surface area contributed by atoms with Crippen molar-refractivity contribution in [3.8, 4) is 27.9 Å². The van der Waals surface area contributed by atoms with Gasteiger partial charge in [0.05, 0.1) is 18.4 Å². The number of methoxy groups -OCH3 is 1. The number of carbonyl (C=O) groups is 1. The maximum atomic E-state index is 11.7. The number of ether oxygens (including phenoxy) is 1. The van der Waals surface area contributed by atoms with E-state index in [-0.39, 0.29) is 5.56 Å². The summed E-state index contributed by atoms with van der Waals surface area (Å²) < 4.78 is 4.69. The predicted octanol–water partition coefficient (Wildman–Crippen LogP) is 2.53. The Kier molecular flexibility index (Phi) is 4.41. The number of nitriles is 1. The smallest absolute Gasteiger partial charge is 0.339 e. The van der Waals surface area contributed by atoms with E-state index < -0.39 is 11.5 Å². The minimum Gasteiger partial charge on any atom is -0.465 e. The number of esters is 1. The Bertz CT molecular complexity index is 1060. The number of aromatic amines is 1. The van der Waals surface area contributed by atoms with Crippen LogP contribution in [0.2, 0.25) is 0 Å². The van der Waals surface area contributed by atoms with Gasteiger partial charge in [-0.2, -0.15) is 5.26 Å². The molecule has 0 fully saturated rings. The summed E-state index contributed by atoms with van der Waals surface area (Å²) in [5.74, 6) is -0.471. The molecule has 3 heterocycles. The third-order valence-corrected chi connectivity index (χ3v) is 4.44. The first-order valence-electron chi connectivity index (χ1n) is 7.17. The number of rotatable bonds is 3. The Morgan fingerprint density at radius 2 is 2.16 bits per heavy atom. The van der Waals surface area contributed by atoms with Crippen LogP contribution < -0.4 is 5.56 Å². The summed E-state index contributed by atoms with van der Waals surface area (Å²) in [5, 5.41) is 11.5. The second kappa shape index (κ2) is 6.67. The first-order valence-corrected chi connectivity index (χ1v) is 8.05. The van der Waals surface area contributed by atoms with Crippen molar-refractivity contribution in [1.29, 1.82) is 5.26 Å². The van der Waals surface area contributed by atoms with Gasteiger partial charge in [-0.3, -0.25) is 9.78 Å². The highest BCUT2D eigenvalue weighted by molar-refractivity contribution is 7.13. The number of hydrogen-bond donors (Lipinski definition) is 1. The lowest BCUT2D eigenvalue weighted by molar-refractivity contribution is 0.0600. The molecule has 0 spiro atoms. The second-order valence-corrected chi connectivity index (χ2v) is 6.01. The SMILES string of the molecule is COC(=O)c1cncc(-c2nc(-c3cc(C#N)c(=O)[nH]c3C)cs2)c1. The molecule has 124 valence electrons. The van der Waals surface area contributed by atoms with Gasteiger partial charge in [0, 0.05) is 34.6 Å². The molecule has 1 N–H and O–H groups in total. The molecule has 0 saturated heterocycles. The van der Waals surface area contributed by atoms with E-state index in [9.17, 15) is 9.59 Å². The van der Waals surface area contributed by atoms with Crippen molar-refractivity contribution >= 4 is 17.3 Å². The van der Waals surface area contributed by atoms with Crippen LogP contribution in [0.4, 0.5) is 0 Å². The first-order chi connectivity index (χ1) is 12.0. The third kappa shape index (κ3) is 3.18. The fourth-order valence-corrected chi connectivity index (χ4v) is 3.09. The predicted molar refractivity (Wildman–Crippen MR) is 92.2 cm³/mol. The Morgan fingerprint density at radius 1 is 1.36 bits per heavy atom. The summed E-state index contributed by atoms with van der Waals surface area (Å²) in [7, 11) is 1.31. The van der Waals surface area contributed by atoms with E-state index in [1.807, 2.05) is 11.4 Å². The average Bonchev–Trinajstić information content (AvgIpc) is 3.11. The fraction of sp³-hybridized carbons (Fsp3) is 0.118. The van der Waals surface area contributed by atoms with Crippen molar-refractivity contribution in [3.05, 3.63) is 57.1 Å². The van der Waals surface area contributed by atoms with Crippen LogP contribution in [0.3, 0.4) is 0 Å². The number of aromatic nitrogens is 3. The molecular weight excluding hydrogens is 340 g/mol. The van der Waals surface area contributed by atoms with Crippen molar-refractivity contribution in [2.45, 2.75) is 6.92 Å². The molecule has 0 aliphatic heterocycles. The minimum atomic E-state index is -0.471. The van der Waals surface area contributed by atoms with Crippen LogP contribution in [0, 0.1) is 18.3 Å². The molecule has 0 saturated carbocycles. The van der Waals surface area contributed by atoms with Crippen LogP contribution in [-0.2, 0) is 4.74 Å². The third-order valence-electron chi connectivity index (χ3n) is 3.55. The van der Waals surface area contributed by atoms with Crippen LogP contribution in [0.15, 0.2) is 34.7 Å². The monoisotopic (exact) mass is 352 g/mol. The molecule has 0 unspecified atom stereocenters. The second-order valence-electron chi connectivity index (χ2n) is 5.15. The topological polar surface area (TPSA) is 109 Å². The van der Waals surface area contributed by atoms with Crippen molar-refractivity contribution in [2.75, 3.05) is 7.11 Å². The van der Waals surface area contributed by atoms with Gasteiger partial charge in [0.25, 0.3) is 5.56 Å². The molecule has 25 heavy (non-hydrogen) atoms. The highest BCUT2D eigenvalue weighted by Gasteiger charge is 2.14. The summed E-state index contributed by atoms with van der Waals surface area (Å²) in [4.78, 5) is 34.5. The van der Waals surface area contributed by atoms with Crippen LogP contribution in [0.5, 0.6) is 0 Å². The van der Waals surface area contributed by atoms with Gasteiger partial charge in [0.1, 0.15) is 16.6 Å². The number of hydrogen-bond acceptors (Lipinski definition) is 7. The zero-order valence-electron chi connectivity index (χ0n) is 13.4. The van der Waals surface area contributed by atoms with E-state index in [1.165, 1.54) is 30.7 Å². The van der Waals surface area contributed by atoms with E-state index in [1.54, 1.807) is 19.2 Å². The zero-order chi connectivity index (χ0) is 18.0. The molecule has 0 aliphatic rings. The minimum absolute atomic E-state index is 0.0319. The molecule has 7 nitrogen and oxygen atoms in total. The number of nitrogens with one attached hydrogen (secondary N) is 1. The highest BCUT2D eigenvalue weighted by Crippen LogP contribution is 2.30. The molecule has 0 radical (unpaired) electrons. The van der Waals surface area contributed by atoms with Gasteiger partial charge in [-0.15, -0.1) is 11.3 Å². The summed E-state index contributed by atoms with van der Waals surface area (Å²) in [5.41, 5.74) is 2.57. The summed E-state index contributed by atoms with van der Waals surface area (Å²) in [6.45, 7) is 1.75. The number of carbonyl (C=O) groups excluding carboxylic acids is 1. The average molecular weight is 352 g/mol. The van der Waals surface area contributed by atoms with E-state index >= 15 is 0 Å². The number of nitrogens with zero attached hydrogens (tertiary/aromatic N) is 3. The van der Waals surface area contributed by atoms with Crippen molar-refractivity contribution in [1.82, 2.24) is 15.0 Å². The van der Waals surface area contributed by atoms with Gasteiger partial charge in [-0.25, -0.2) is 9.78 Å². The van der Waals surface area contributed by atoms with Crippen molar-refractivity contribution in [2.24, 2.45) is 0 Å². The van der Waals surface area contributed by atoms with E-state index in [0.29, 0.717) is 33.1 Å². The molecule has 3 aromatic heterocycles. The Hall–Kier alpha value is -3.31. The molecule has 0 atom stereocenters. The summed E-state index contributed by atoms with van der Waals surface area (Å²) >= 11 is 1.37. The number of thiazole rings is 1. The molecule has 8 heteroatoms. The lowest BCUT2D eigenvalue weighted by Gasteiger charge is -2.03. The molecular formula is C17H12N4O3S. The Balaban J connectivity index is 2.03. The van der Waals surface area contributed by atoms with Crippen LogP contribution >= 0.6 is 11.3 Å². The standard InChI is InChI=1S/C17H12N4O3S/c1-9-13(4-10(5-18)15(22)20-9)14-8-25-16(21-14)11-3-12(7-19-6-11)17(23)24-2/h3-4,6-8H,1-2H3,(H,20,22). The summed E-state index contributed by atoms with van der Waals surface area (Å²) in [6.07, 6.45) is 3.03. The van der Waals surface area contributed by atoms with E-state index in [2.05, 4.69) is 15.0 Å². The van der Waals surface area contributed by atoms with Crippen molar-refractivity contribution in [3.63, 3.8) is 0 Å². The highest BCUT2D eigenvalue weighted by atomic mass is 32.1. The largest absolute Gasteiger partial charge is 0.465 e. The van der Waals surface area contributed by atoms with Gasteiger partial charge in [-0.05, 0) is 19.1 Å². The van der Waals surface area contributed by atoms with Gasteiger partial charge in [-0.1, -0.05) is 0 Å². The zero-order valence-corrected chi connectivity index (χ0v) is 14.2. The summed E-state index contributed by atoms with van der Waals surface area (Å²) in [6, 6.07) is 5.05. The molecule has 0 amide bonds. The quantitative estimate of drug-likeness (QED) is 0.726. The van der Waals surface area contributed by atoms with E-state index in [4.69, 9.17) is 10.00 Å². The Morgan fingerprint density at radius 3 is 2.88 bits per heavy atom. The lowest BCUT2D eigenvalue weighted by atomic mass is 10.1. The number of pyridine rings is 2. The van der Waals surface area contributed by atoms with Crippen LogP contribution in [0.1, 0.15) is 21.6 Å². The van der Waals surface area contributed by atoms with Crippen LogP contribution in [0.25, 0.3) is 21.8 Å². The fourth-order valence-electron chi connectivity index (χ4n) is 2.29. The Labute approximate surface area is 146 Å². The normalized spacial score (nSPS) is 10.3. The van der Waals surface area contributed by atoms with Gasteiger partial charge < -0.3 is 9.72 Å². The number of H-pyrrole nitrogens is 1. The van der Waals surface area contributed by atoms with Gasteiger partial charge in [0.2, 0.25) is 0 Å². The maximum Gasteiger partial charge on any atom is 0.339 e. The van der Waals surface area contributed by atoms with Crippen LogP contribution in [-0.4, -0.2) is 28.0 Å². The molecule has 0 aliphatic carbocycles. The van der Waals surface area contributed by atoms with Gasteiger partial charge in [0.15, 0.2) is 0 Å². The molecule has 0 bridgehead atoms. The maximum absolute atomic E-state index is 11.7. The van der Waals surface area contributed by atoms with E-state index in [0.717, 1.165) is 0 Å². The lowest BCUT2D eigenvalue weighted by Crippen LogP contribution is -2.11. The molecule has 3 aromatic rings. The molecule has 0 aromatic carbocycles. The van der Waals surface area contributed by atoms with Gasteiger partial charge >= 0.3 is 5.97 Å².